The molecule has 0 aliphatic carbocycles. The Hall–Kier alpha value is -3.30. The summed E-state index contributed by atoms with van der Waals surface area (Å²) in [5, 5.41) is 2.85. The number of nitrogens with one attached hydrogen (secondary N) is 1. The number of rotatable bonds is 5. The van der Waals surface area contributed by atoms with Gasteiger partial charge in [0.15, 0.2) is 11.6 Å². The number of benzene rings is 2. The molecule has 0 spiro atoms. The molecule has 0 saturated heterocycles. The molecule has 0 fully saturated rings. The molecule has 0 aliphatic heterocycles. The van der Waals surface area contributed by atoms with Crippen LogP contribution in [-0.4, -0.2) is 9.97 Å². The van der Waals surface area contributed by atoms with Crippen LogP contribution in [0.15, 0.2) is 30.6 Å². The van der Waals surface area contributed by atoms with Crippen LogP contribution >= 0.6 is 0 Å². The SMILES string of the molecule is Cc1ncnc(NC(C)c2ccc(Oc3c(F)c(F)c(F)c(F)c3F)cc2)c1F. The van der Waals surface area contributed by atoms with Crippen molar-refractivity contribution in [2.45, 2.75) is 19.9 Å². The van der Waals surface area contributed by atoms with Gasteiger partial charge in [-0.3, -0.25) is 0 Å². The lowest BCUT2D eigenvalue weighted by Crippen LogP contribution is -2.10. The van der Waals surface area contributed by atoms with E-state index >= 15 is 0 Å². The summed E-state index contributed by atoms with van der Waals surface area (Å²) in [5.41, 5.74) is 0.784. The van der Waals surface area contributed by atoms with Crippen LogP contribution in [0.3, 0.4) is 0 Å². The van der Waals surface area contributed by atoms with Crippen molar-refractivity contribution in [2.75, 3.05) is 5.32 Å². The summed E-state index contributed by atoms with van der Waals surface area (Å²) in [6.45, 7) is 3.19. The van der Waals surface area contributed by atoms with Crippen molar-refractivity contribution in [3.8, 4) is 11.5 Å². The van der Waals surface area contributed by atoms with Gasteiger partial charge in [0, 0.05) is 0 Å². The summed E-state index contributed by atoms with van der Waals surface area (Å²) in [6.07, 6.45) is 1.20. The van der Waals surface area contributed by atoms with Gasteiger partial charge in [0.1, 0.15) is 12.1 Å². The monoisotopic (exact) mass is 413 g/mol. The minimum Gasteiger partial charge on any atom is -0.451 e. The molecule has 3 rings (SSSR count). The quantitative estimate of drug-likeness (QED) is 0.337. The third kappa shape index (κ3) is 3.96. The lowest BCUT2D eigenvalue weighted by Gasteiger charge is -2.16. The molecule has 0 saturated carbocycles. The molecule has 1 aromatic heterocycles. The summed E-state index contributed by atoms with van der Waals surface area (Å²) in [4.78, 5) is 7.54. The van der Waals surface area contributed by atoms with Crippen molar-refractivity contribution in [3.63, 3.8) is 0 Å². The van der Waals surface area contributed by atoms with Gasteiger partial charge in [-0.15, -0.1) is 0 Å². The van der Waals surface area contributed by atoms with Crippen LogP contribution < -0.4 is 10.1 Å². The third-order valence-electron chi connectivity index (χ3n) is 4.09. The van der Waals surface area contributed by atoms with E-state index in [1.807, 2.05) is 0 Å². The normalized spacial score (nSPS) is 12.0. The van der Waals surface area contributed by atoms with Crippen LogP contribution in [0.1, 0.15) is 24.2 Å². The standard InChI is InChI=1S/C19H13F6N3O/c1-8(28-19-12(20)9(2)26-7-27-19)10-3-5-11(6-4-10)29-18-16(24)14(22)13(21)15(23)17(18)25/h3-8H,1-2H3,(H,26,27,28). The molecule has 1 unspecified atom stereocenters. The average Bonchev–Trinajstić information content (AvgIpc) is 2.72. The number of ether oxygens (including phenoxy) is 1. The predicted molar refractivity (Wildman–Crippen MR) is 91.5 cm³/mol. The van der Waals surface area contributed by atoms with Gasteiger partial charge in [0.2, 0.25) is 34.8 Å². The Morgan fingerprint density at radius 3 is 1.93 bits per heavy atom. The number of halogens is 6. The molecule has 10 heteroatoms. The number of aryl methyl sites for hydroxylation is 1. The van der Waals surface area contributed by atoms with Crippen molar-refractivity contribution < 1.29 is 31.1 Å². The van der Waals surface area contributed by atoms with E-state index < -0.39 is 46.7 Å². The Labute approximate surface area is 161 Å². The maximum Gasteiger partial charge on any atom is 0.207 e. The molecule has 0 amide bonds. The van der Waals surface area contributed by atoms with Gasteiger partial charge in [0.25, 0.3) is 0 Å². The van der Waals surface area contributed by atoms with Crippen molar-refractivity contribution in [1.29, 1.82) is 0 Å². The molecule has 4 nitrogen and oxygen atoms in total. The molecular weight excluding hydrogens is 400 g/mol. The maximum atomic E-state index is 14.0. The minimum absolute atomic E-state index is 0.00766. The number of anilines is 1. The highest BCUT2D eigenvalue weighted by Gasteiger charge is 2.27. The fourth-order valence-electron chi connectivity index (χ4n) is 2.46. The average molecular weight is 413 g/mol. The Kier molecular flexibility index (Phi) is 5.62. The lowest BCUT2D eigenvalue weighted by molar-refractivity contribution is 0.332. The van der Waals surface area contributed by atoms with E-state index in [0.717, 1.165) is 0 Å². The van der Waals surface area contributed by atoms with Gasteiger partial charge in [-0.05, 0) is 31.5 Å². The largest absolute Gasteiger partial charge is 0.451 e. The topological polar surface area (TPSA) is 47.0 Å². The third-order valence-corrected chi connectivity index (χ3v) is 4.09. The van der Waals surface area contributed by atoms with Crippen molar-refractivity contribution in [1.82, 2.24) is 9.97 Å². The Morgan fingerprint density at radius 1 is 0.793 bits per heavy atom. The molecule has 29 heavy (non-hydrogen) atoms. The number of hydrogen-bond donors (Lipinski definition) is 1. The zero-order valence-electron chi connectivity index (χ0n) is 15.0. The molecule has 1 heterocycles. The number of nitrogens with zero attached hydrogens (tertiary/aromatic N) is 2. The number of aromatic nitrogens is 2. The minimum atomic E-state index is -2.27. The first-order valence-electron chi connectivity index (χ1n) is 8.23. The van der Waals surface area contributed by atoms with Crippen LogP contribution in [0.25, 0.3) is 0 Å². The zero-order chi connectivity index (χ0) is 21.3. The highest BCUT2D eigenvalue weighted by Crippen LogP contribution is 2.33. The van der Waals surface area contributed by atoms with E-state index in [1.54, 1.807) is 6.92 Å². The van der Waals surface area contributed by atoms with Crippen molar-refractivity contribution in [3.05, 3.63) is 76.8 Å². The molecule has 152 valence electrons. The second-order valence-corrected chi connectivity index (χ2v) is 6.06. The Morgan fingerprint density at radius 2 is 1.34 bits per heavy atom. The second-order valence-electron chi connectivity index (χ2n) is 6.06. The summed E-state index contributed by atoms with van der Waals surface area (Å²) in [7, 11) is 0. The number of hydrogen-bond acceptors (Lipinski definition) is 4. The van der Waals surface area contributed by atoms with Crippen LogP contribution in [0, 0.1) is 41.8 Å². The zero-order valence-corrected chi connectivity index (χ0v) is 15.0. The van der Waals surface area contributed by atoms with E-state index in [0.29, 0.717) is 5.56 Å². The molecular formula is C19H13F6N3O. The van der Waals surface area contributed by atoms with E-state index in [1.165, 1.54) is 37.5 Å². The van der Waals surface area contributed by atoms with Gasteiger partial charge in [-0.25, -0.2) is 27.5 Å². The predicted octanol–water partition coefficient (Wildman–Crippen LogP) is 5.59. The summed E-state index contributed by atoms with van der Waals surface area (Å²) in [5.74, 6) is -12.8. The first-order chi connectivity index (χ1) is 13.7. The summed E-state index contributed by atoms with van der Waals surface area (Å²) >= 11 is 0. The van der Waals surface area contributed by atoms with Gasteiger partial charge in [0.05, 0.1) is 11.7 Å². The maximum absolute atomic E-state index is 14.0. The van der Waals surface area contributed by atoms with Crippen LogP contribution in [0.5, 0.6) is 11.5 Å². The molecule has 0 radical (unpaired) electrons. The van der Waals surface area contributed by atoms with Gasteiger partial charge in [-0.1, -0.05) is 12.1 Å². The fourth-order valence-corrected chi connectivity index (χ4v) is 2.46. The molecule has 0 aliphatic rings. The van der Waals surface area contributed by atoms with Crippen molar-refractivity contribution in [2.24, 2.45) is 0 Å². The smallest absolute Gasteiger partial charge is 0.207 e. The Bertz CT molecular complexity index is 1030. The van der Waals surface area contributed by atoms with Gasteiger partial charge < -0.3 is 10.1 Å². The van der Waals surface area contributed by atoms with E-state index in [4.69, 9.17) is 4.74 Å². The molecule has 1 atom stereocenters. The van der Waals surface area contributed by atoms with Gasteiger partial charge in [-0.2, -0.15) is 8.78 Å². The lowest BCUT2D eigenvalue weighted by atomic mass is 10.1. The van der Waals surface area contributed by atoms with E-state index in [9.17, 15) is 26.3 Å². The molecule has 2 aromatic carbocycles. The molecule has 0 bridgehead atoms. The van der Waals surface area contributed by atoms with E-state index in [2.05, 4.69) is 15.3 Å². The molecule has 1 N–H and O–H groups in total. The van der Waals surface area contributed by atoms with E-state index in [-0.39, 0.29) is 17.3 Å². The van der Waals surface area contributed by atoms with Crippen LogP contribution in [0.4, 0.5) is 32.2 Å². The van der Waals surface area contributed by atoms with Crippen LogP contribution in [0.2, 0.25) is 0 Å². The first-order valence-corrected chi connectivity index (χ1v) is 8.23. The Balaban J connectivity index is 1.80. The highest BCUT2D eigenvalue weighted by molar-refractivity contribution is 5.42. The summed E-state index contributed by atoms with van der Waals surface area (Å²) in [6, 6.07) is 5.07. The first kappa shape index (κ1) is 20.4. The fraction of sp³-hybridized carbons (Fsp3) is 0.158. The highest BCUT2D eigenvalue weighted by atomic mass is 19.2. The molecule has 3 aromatic rings. The van der Waals surface area contributed by atoms with Crippen molar-refractivity contribution >= 4 is 5.82 Å². The second kappa shape index (κ2) is 7.98. The van der Waals surface area contributed by atoms with Gasteiger partial charge >= 0.3 is 0 Å². The van der Waals surface area contributed by atoms with Crippen LogP contribution in [-0.2, 0) is 0 Å². The summed E-state index contributed by atoms with van der Waals surface area (Å²) < 4.78 is 85.8.